The van der Waals surface area contributed by atoms with Crippen LogP contribution < -0.4 is 9.64 Å². The molecule has 1 aliphatic heterocycles. The number of imide groups is 1. The van der Waals surface area contributed by atoms with Gasteiger partial charge in [0, 0.05) is 6.04 Å². The first-order chi connectivity index (χ1) is 14.2. The molecule has 2 aromatic carbocycles. The number of amides is 2. The Labute approximate surface area is 175 Å². The third-order valence-electron chi connectivity index (χ3n) is 5.17. The molecule has 0 saturated carbocycles. The van der Waals surface area contributed by atoms with Gasteiger partial charge in [-0.05, 0) is 61.9 Å². The molecule has 2 amide bonds. The van der Waals surface area contributed by atoms with Crippen molar-refractivity contribution in [2.24, 2.45) is 0 Å². The Hall–Kier alpha value is -2.78. The number of halogens is 1. The molecule has 30 heavy (non-hydrogen) atoms. The summed E-state index contributed by atoms with van der Waals surface area (Å²) in [6.45, 7) is 3.50. The van der Waals surface area contributed by atoms with Crippen LogP contribution in [-0.2, 0) is 19.6 Å². The van der Waals surface area contributed by atoms with Crippen LogP contribution >= 0.6 is 0 Å². The van der Waals surface area contributed by atoms with Crippen molar-refractivity contribution in [3.8, 4) is 5.75 Å². The van der Waals surface area contributed by atoms with Crippen LogP contribution in [0.4, 0.5) is 10.1 Å². The molecule has 1 fully saturated rings. The Morgan fingerprint density at radius 2 is 1.73 bits per heavy atom. The number of carbonyl (C=O) groups is 2. The number of ether oxygens (including phenoxy) is 1. The molecule has 0 radical (unpaired) electrons. The number of nitrogens with zero attached hydrogens (tertiary/aromatic N) is 2. The second-order valence-corrected chi connectivity index (χ2v) is 8.87. The fourth-order valence-electron chi connectivity index (χ4n) is 3.44. The quantitative estimate of drug-likeness (QED) is 0.626. The lowest BCUT2D eigenvalue weighted by molar-refractivity contribution is -0.122. The molecule has 2 atom stereocenters. The normalized spacial score (nSPS) is 18.2. The molecule has 9 heteroatoms. The van der Waals surface area contributed by atoms with E-state index in [1.807, 2.05) is 0 Å². The van der Waals surface area contributed by atoms with Gasteiger partial charge in [-0.2, -0.15) is 4.31 Å². The molecule has 0 aliphatic carbocycles. The molecule has 0 aromatic heterocycles. The van der Waals surface area contributed by atoms with E-state index in [0.717, 1.165) is 21.3 Å². The standard InChI is InChI=1S/C21H23FN2O5S/c1-4-14(2)24(30(27,28)18-11-9-17(29-3)10-12-18)19-13-20(25)23(21(19)26)16-7-5-15(22)6-8-16/h5-12,14,19H,4,13H2,1-3H3. The Bertz CT molecular complexity index is 1040. The van der Waals surface area contributed by atoms with Gasteiger partial charge in [0.1, 0.15) is 17.6 Å². The van der Waals surface area contributed by atoms with E-state index in [-0.39, 0.29) is 17.0 Å². The van der Waals surface area contributed by atoms with Crippen LogP contribution in [0.25, 0.3) is 0 Å². The van der Waals surface area contributed by atoms with E-state index in [1.165, 1.54) is 43.5 Å². The molecule has 160 valence electrons. The number of carbonyl (C=O) groups excluding carboxylic acids is 2. The Balaban J connectivity index is 2.00. The van der Waals surface area contributed by atoms with E-state index in [0.29, 0.717) is 12.2 Å². The summed E-state index contributed by atoms with van der Waals surface area (Å²) in [5, 5.41) is 0. The predicted octanol–water partition coefficient (Wildman–Crippen LogP) is 2.96. The number of hydrogen-bond acceptors (Lipinski definition) is 5. The first kappa shape index (κ1) is 21.9. The van der Waals surface area contributed by atoms with Gasteiger partial charge in [0.2, 0.25) is 15.9 Å². The van der Waals surface area contributed by atoms with Crippen molar-refractivity contribution >= 4 is 27.5 Å². The average molecular weight is 434 g/mol. The minimum Gasteiger partial charge on any atom is -0.497 e. The molecule has 2 aromatic rings. The molecule has 3 rings (SSSR count). The van der Waals surface area contributed by atoms with Gasteiger partial charge in [0.15, 0.2) is 0 Å². The summed E-state index contributed by atoms with van der Waals surface area (Å²) in [4.78, 5) is 26.7. The first-order valence-electron chi connectivity index (χ1n) is 9.50. The molecule has 0 bridgehead atoms. The van der Waals surface area contributed by atoms with E-state index < -0.39 is 39.7 Å². The van der Waals surface area contributed by atoms with Crippen molar-refractivity contribution in [1.82, 2.24) is 4.31 Å². The number of sulfonamides is 1. The van der Waals surface area contributed by atoms with E-state index in [4.69, 9.17) is 4.74 Å². The minimum absolute atomic E-state index is 0.00378. The molecule has 1 saturated heterocycles. The zero-order valence-electron chi connectivity index (χ0n) is 16.9. The molecule has 0 spiro atoms. The highest BCUT2D eigenvalue weighted by molar-refractivity contribution is 7.89. The maximum Gasteiger partial charge on any atom is 0.252 e. The van der Waals surface area contributed by atoms with E-state index >= 15 is 0 Å². The third kappa shape index (κ3) is 3.95. The van der Waals surface area contributed by atoms with Gasteiger partial charge in [-0.15, -0.1) is 0 Å². The monoisotopic (exact) mass is 434 g/mol. The molecular weight excluding hydrogens is 411 g/mol. The fraction of sp³-hybridized carbons (Fsp3) is 0.333. The summed E-state index contributed by atoms with van der Waals surface area (Å²) in [6.07, 6.45) is 0.167. The number of benzene rings is 2. The molecule has 2 unspecified atom stereocenters. The third-order valence-corrected chi connectivity index (χ3v) is 7.21. The van der Waals surface area contributed by atoms with E-state index in [2.05, 4.69) is 0 Å². The van der Waals surface area contributed by atoms with Crippen LogP contribution in [0.2, 0.25) is 0 Å². The lowest BCUT2D eigenvalue weighted by Crippen LogP contribution is -2.49. The summed E-state index contributed by atoms with van der Waals surface area (Å²) in [5.41, 5.74) is 0.208. The van der Waals surface area contributed by atoms with Crippen LogP contribution in [0.15, 0.2) is 53.4 Å². The molecule has 7 nitrogen and oxygen atoms in total. The SMILES string of the molecule is CCC(C)N(C1CC(=O)N(c2ccc(F)cc2)C1=O)S(=O)(=O)c1ccc(OC)cc1. The number of methoxy groups -OCH3 is 1. The smallest absolute Gasteiger partial charge is 0.252 e. The minimum atomic E-state index is -4.07. The summed E-state index contributed by atoms with van der Waals surface area (Å²) in [5.74, 6) is -1.19. The average Bonchev–Trinajstić information content (AvgIpc) is 3.02. The highest BCUT2D eigenvalue weighted by atomic mass is 32.2. The van der Waals surface area contributed by atoms with Crippen molar-refractivity contribution in [2.45, 2.75) is 43.7 Å². The van der Waals surface area contributed by atoms with Gasteiger partial charge in [-0.1, -0.05) is 6.92 Å². The zero-order valence-corrected chi connectivity index (χ0v) is 17.7. The number of rotatable bonds is 7. The molecule has 0 N–H and O–H groups in total. The van der Waals surface area contributed by atoms with Gasteiger partial charge in [0.05, 0.1) is 24.1 Å². The zero-order chi connectivity index (χ0) is 22.1. The first-order valence-corrected chi connectivity index (χ1v) is 10.9. The summed E-state index contributed by atoms with van der Waals surface area (Å²) in [6, 6.07) is 9.08. The Morgan fingerprint density at radius 1 is 1.13 bits per heavy atom. The fourth-order valence-corrected chi connectivity index (χ4v) is 5.28. The van der Waals surface area contributed by atoms with Crippen molar-refractivity contribution < 1.29 is 27.1 Å². The Morgan fingerprint density at radius 3 is 2.27 bits per heavy atom. The topological polar surface area (TPSA) is 84.0 Å². The van der Waals surface area contributed by atoms with Gasteiger partial charge < -0.3 is 4.74 Å². The highest BCUT2D eigenvalue weighted by Crippen LogP contribution is 2.32. The molecule has 1 aliphatic rings. The van der Waals surface area contributed by atoms with Crippen LogP contribution in [0.1, 0.15) is 26.7 Å². The second kappa shape index (κ2) is 8.53. The van der Waals surface area contributed by atoms with Gasteiger partial charge in [-0.25, -0.2) is 17.7 Å². The predicted molar refractivity (Wildman–Crippen MR) is 109 cm³/mol. The van der Waals surface area contributed by atoms with Crippen LogP contribution in [0.3, 0.4) is 0 Å². The molecular formula is C21H23FN2O5S. The summed E-state index contributed by atoms with van der Waals surface area (Å²) in [7, 11) is -2.60. The summed E-state index contributed by atoms with van der Waals surface area (Å²) < 4.78 is 46.2. The maximum absolute atomic E-state index is 13.4. The van der Waals surface area contributed by atoms with Crippen molar-refractivity contribution in [3.63, 3.8) is 0 Å². The van der Waals surface area contributed by atoms with Crippen molar-refractivity contribution in [1.29, 1.82) is 0 Å². The highest BCUT2D eigenvalue weighted by Gasteiger charge is 2.48. The van der Waals surface area contributed by atoms with E-state index in [1.54, 1.807) is 13.8 Å². The second-order valence-electron chi connectivity index (χ2n) is 7.03. The van der Waals surface area contributed by atoms with Gasteiger partial charge >= 0.3 is 0 Å². The van der Waals surface area contributed by atoms with E-state index in [9.17, 15) is 22.4 Å². The number of anilines is 1. The van der Waals surface area contributed by atoms with Crippen molar-refractivity contribution in [3.05, 3.63) is 54.3 Å². The molecule has 1 heterocycles. The summed E-state index contributed by atoms with van der Waals surface area (Å²) >= 11 is 0. The van der Waals surface area contributed by atoms with Crippen LogP contribution in [0.5, 0.6) is 5.75 Å². The largest absolute Gasteiger partial charge is 0.497 e. The maximum atomic E-state index is 13.4. The van der Waals surface area contributed by atoms with Gasteiger partial charge in [0.25, 0.3) is 5.91 Å². The van der Waals surface area contributed by atoms with Crippen LogP contribution in [0, 0.1) is 5.82 Å². The van der Waals surface area contributed by atoms with Crippen LogP contribution in [-0.4, -0.2) is 43.7 Å². The van der Waals surface area contributed by atoms with Gasteiger partial charge in [-0.3, -0.25) is 9.59 Å². The lowest BCUT2D eigenvalue weighted by atomic mass is 10.2. The van der Waals surface area contributed by atoms with Crippen molar-refractivity contribution in [2.75, 3.05) is 12.0 Å². The Kier molecular flexibility index (Phi) is 6.23. The lowest BCUT2D eigenvalue weighted by Gasteiger charge is -2.31. The number of hydrogen-bond donors (Lipinski definition) is 0.